The highest BCUT2D eigenvalue weighted by Crippen LogP contribution is 2.35. The molecule has 0 fully saturated rings. The van der Waals surface area contributed by atoms with Gasteiger partial charge in [0.05, 0.1) is 17.2 Å². The molecule has 0 radical (unpaired) electrons. The summed E-state index contributed by atoms with van der Waals surface area (Å²) in [5, 5.41) is 2.82. The molecule has 0 saturated carbocycles. The van der Waals surface area contributed by atoms with Crippen molar-refractivity contribution in [2.45, 2.75) is 32.1 Å². The molecular formula is C29H33N3O6S. The molecule has 0 aliphatic carbocycles. The third-order valence-corrected chi connectivity index (χ3v) is 8.50. The Morgan fingerprint density at radius 3 is 2.38 bits per heavy atom. The lowest BCUT2D eigenvalue weighted by Crippen LogP contribution is -2.39. The van der Waals surface area contributed by atoms with E-state index in [1.807, 2.05) is 31.2 Å². The second-order valence-corrected chi connectivity index (χ2v) is 11.0. The number of benzene rings is 3. The predicted octanol–water partition coefficient (Wildman–Crippen LogP) is 4.47. The molecule has 39 heavy (non-hydrogen) atoms. The first-order chi connectivity index (χ1) is 18.7. The number of sulfonamides is 1. The van der Waals surface area contributed by atoms with Crippen molar-refractivity contribution in [3.05, 3.63) is 77.9 Å². The topological polar surface area (TPSA) is 105 Å². The molecule has 1 heterocycles. The minimum atomic E-state index is -3.61. The van der Waals surface area contributed by atoms with Gasteiger partial charge in [0.25, 0.3) is 11.8 Å². The largest absolute Gasteiger partial charge is 0.494 e. The highest BCUT2D eigenvalue weighted by molar-refractivity contribution is 7.89. The standard InChI is InChI=1S/C29H33N3O6S/c1-4-31(5-2)39(35,36)25-14-9-22(10-15-25)29(34)30-23-11-16-27-26(19-23)32(28(33)20-38-27)17-6-18-37-24-12-7-21(3)8-13-24/h7-16,19H,4-6,17-18,20H2,1-3H3,(H,30,34). The molecule has 206 valence electrons. The van der Waals surface area contributed by atoms with Gasteiger partial charge in [-0.2, -0.15) is 4.31 Å². The van der Waals surface area contributed by atoms with Gasteiger partial charge in [0, 0.05) is 30.9 Å². The summed E-state index contributed by atoms with van der Waals surface area (Å²) in [4.78, 5) is 27.3. The van der Waals surface area contributed by atoms with Gasteiger partial charge in [0.1, 0.15) is 11.5 Å². The van der Waals surface area contributed by atoms with Gasteiger partial charge in [0.2, 0.25) is 10.0 Å². The van der Waals surface area contributed by atoms with Crippen LogP contribution in [-0.2, 0) is 14.8 Å². The van der Waals surface area contributed by atoms with Crippen molar-refractivity contribution in [1.29, 1.82) is 0 Å². The molecule has 0 unspecified atom stereocenters. The van der Waals surface area contributed by atoms with Crippen LogP contribution in [0.2, 0.25) is 0 Å². The normalized spacial score (nSPS) is 13.1. The summed E-state index contributed by atoms with van der Waals surface area (Å²) in [5.74, 6) is 0.755. The molecule has 2 amide bonds. The van der Waals surface area contributed by atoms with Crippen LogP contribution >= 0.6 is 0 Å². The molecule has 9 nitrogen and oxygen atoms in total. The Bertz CT molecular complexity index is 1420. The van der Waals surface area contributed by atoms with E-state index in [-0.39, 0.29) is 17.4 Å². The van der Waals surface area contributed by atoms with Crippen molar-refractivity contribution in [2.24, 2.45) is 0 Å². The van der Waals surface area contributed by atoms with Gasteiger partial charge >= 0.3 is 0 Å². The Labute approximate surface area is 229 Å². The molecule has 0 spiro atoms. The molecule has 1 N–H and O–H groups in total. The molecule has 4 rings (SSSR count). The fourth-order valence-corrected chi connectivity index (χ4v) is 5.72. The number of hydrogen-bond acceptors (Lipinski definition) is 6. The summed E-state index contributed by atoms with van der Waals surface area (Å²) in [6.07, 6.45) is 0.610. The van der Waals surface area contributed by atoms with Gasteiger partial charge in [-0.15, -0.1) is 0 Å². The van der Waals surface area contributed by atoms with Crippen LogP contribution < -0.4 is 19.7 Å². The van der Waals surface area contributed by atoms with Gasteiger partial charge < -0.3 is 19.7 Å². The number of ether oxygens (including phenoxy) is 2. The van der Waals surface area contributed by atoms with Crippen molar-refractivity contribution >= 4 is 33.2 Å². The molecule has 0 aromatic heterocycles. The first-order valence-electron chi connectivity index (χ1n) is 12.9. The summed E-state index contributed by atoms with van der Waals surface area (Å²) in [5.41, 5.74) is 2.52. The summed E-state index contributed by atoms with van der Waals surface area (Å²) in [6.45, 7) is 7.12. The maximum atomic E-state index is 12.9. The lowest BCUT2D eigenvalue weighted by Gasteiger charge is -2.30. The van der Waals surface area contributed by atoms with Crippen LogP contribution in [0.1, 0.15) is 36.2 Å². The van der Waals surface area contributed by atoms with E-state index in [0.717, 1.165) is 11.3 Å². The maximum Gasteiger partial charge on any atom is 0.265 e. The second kappa shape index (κ2) is 12.3. The Morgan fingerprint density at radius 2 is 1.72 bits per heavy atom. The minimum absolute atomic E-state index is 0.0553. The van der Waals surface area contributed by atoms with Gasteiger partial charge in [0.15, 0.2) is 6.61 Å². The van der Waals surface area contributed by atoms with Crippen molar-refractivity contribution in [3.63, 3.8) is 0 Å². The zero-order chi connectivity index (χ0) is 28.0. The van der Waals surface area contributed by atoms with Crippen LogP contribution in [0.3, 0.4) is 0 Å². The average molecular weight is 552 g/mol. The molecule has 0 bridgehead atoms. The van der Waals surface area contributed by atoms with E-state index >= 15 is 0 Å². The average Bonchev–Trinajstić information content (AvgIpc) is 2.93. The maximum absolute atomic E-state index is 12.9. The zero-order valence-corrected chi connectivity index (χ0v) is 23.2. The second-order valence-electron chi connectivity index (χ2n) is 9.10. The number of hydrogen-bond donors (Lipinski definition) is 1. The number of rotatable bonds is 11. The van der Waals surface area contributed by atoms with Crippen molar-refractivity contribution in [1.82, 2.24) is 4.31 Å². The Hall–Kier alpha value is -3.89. The fraction of sp³-hybridized carbons (Fsp3) is 0.310. The third-order valence-electron chi connectivity index (χ3n) is 6.44. The smallest absolute Gasteiger partial charge is 0.265 e. The number of anilines is 2. The van der Waals surface area contributed by atoms with Crippen LogP contribution in [-0.4, -0.2) is 57.4 Å². The minimum Gasteiger partial charge on any atom is -0.494 e. The highest BCUT2D eigenvalue weighted by atomic mass is 32.2. The molecule has 0 atom stereocenters. The van der Waals surface area contributed by atoms with E-state index in [1.165, 1.54) is 28.6 Å². The van der Waals surface area contributed by atoms with Crippen molar-refractivity contribution in [3.8, 4) is 11.5 Å². The van der Waals surface area contributed by atoms with E-state index < -0.39 is 15.9 Å². The molecule has 3 aromatic rings. The van der Waals surface area contributed by atoms with Crippen LogP contribution in [0.25, 0.3) is 0 Å². The summed E-state index contributed by atoms with van der Waals surface area (Å²) in [6, 6.07) is 18.7. The summed E-state index contributed by atoms with van der Waals surface area (Å²) >= 11 is 0. The highest BCUT2D eigenvalue weighted by Gasteiger charge is 2.26. The van der Waals surface area contributed by atoms with E-state index in [4.69, 9.17) is 9.47 Å². The van der Waals surface area contributed by atoms with Crippen LogP contribution in [0.4, 0.5) is 11.4 Å². The van der Waals surface area contributed by atoms with Crippen LogP contribution in [0.5, 0.6) is 11.5 Å². The Kier molecular flexibility index (Phi) is 8.88. The molecule has 1 aliphatic heterocycles. The van der Waals surface area contributed by atoms with E-state index in [2.05, 4.69) is 5.32 Å². The number of carbonyl (C=O) groups excluding carboxylic acids is 2. The summed E-state index contributed by atoms with van der Waals surface area (Å²) < 4.78 is 38.2. The number of fused-ring (bicyclic) bond motifs is 1. The quantitative estimate of drug-likeness (QED) is 0.353. The van der Waals surface area contributed by atoms with Crippen LogP contribution in [0, 0.1) is 6.92 Å². The van der Waals surface area contributed by atoms with Gasteiger partial charge in [-0.05, 0) is 67.9 Å². The number of amides is 2. The van der Waals surface area contributed by atoms with E-state index in [9.17, 15) is 18.0 Å². The molecule has 3 aromatic carbocycles. The molecule has 0 saturated heterocycles. The zero-order valence-electron chi connectivity index (χ0n) is 22.3. The fourth-order valence-electron chi connectivity index (χ4n) is 4.27. The first kappa shape index (κ1) is 28.1. The van der Waals surface area contributed by atoms with Crippen molar-refractivity contribution < 1.29 is 27.5 Å². The Morgan fingerprint density at radius 1 is 1.03 bits per heavy atom. The van der Waals surface area contributed by atoms with Crippen molar-refractivity contribution in [2.75, 3.05) is 43.1 Å². The van der Waals surface area contributed by atoms with Gasteiger partial charge in [-0.1, -0.05) is 31.5 Å². The molecular weight excluding hydrogens is 518 g/mol. The molecule has 1 aliphatic rings. The Balaban J connectivity index is 1.42. The lowest BCUT2D eigenvalue weighted by atomic mass is 10.1. The number of nitrogens with one attached hydrogen (secondary N) is 1. The number of carbonyl (C=O) groups is 2. The molecule has 10 heteroatoms. The number of nitrogens with zero attached hydrogens (tertiary/aromatic N) is 2. The lowest BCUT2D eigenvalue weighted by molar-refractivity contribution is -0.121. The third kappa shape index (κ3) is 6.58. The number of aryl methyl sites for hydroxylation is 1. The van der Waals surface area contributed by atoms with Gasteiger partial charge in [-0.25, -0.2) is 8.42 Å². The van der Waals surface area contributed by atoms with E-state index in [1.54, 1.807) is 36.9 Å². The monoisotopic (exact) mass is 551 g/mol. The van der Waals surface area contributed by atoms with E-state index in [0.29, 0.717) is 55.3 Å². The predicted molar refractivity (Wildman–Crippen MR) is 150 cm³/mol. The summed E-state index contributed by atoms with van der Waals surface area (Å²) in [7, 11) is -3.61. The van der Waals surface area contributed by atoms with Crippen LogP contribution in [0.15, 0.2) is 71.6 Å². The SMILES string of the molecule is CCN(CC)S(=O)(=O)c1ccc(C(=O)Nc2ccc3c(c2)N(CCCOc2ccc(C)cc2)C(=O)CO3)cc1. The van der Waals surface area contributed by atoms with Gasteiger partial charge in [-0.3, -0.25) is 9.59 Å². The first-order valence-corrected chi connectivity index (χ1v) is 14.3.